The number of nitrogens with one attached hydrogen (secondary N) is 2. The normalized spacial score (nSPS) is 11.4. The average Bonchev–Trinajstić information content (AvgIpc) is 2.63. The average molecular weight is 357 g/mol. The van der Waals surface area contributed by atoms with Crippen LogP contribution in [0.2, 0.25) is 0 Å². The van der Waals surface area contributed by atoms with Gasteiger partial charge in [0.05, 0.1) is 7.11 Å². The summed E-state index contributed by atoms with van der Waals surface area (Å²) in [6.45, 7) is 5.73. The lowest BCUT2D eigenvalue weighted by Gasteiger charge is -2.16. The lowest BCUT2D eigenvalue weighted by Crippen LogP contribution is -2.44. The number of hydrogen-bond acceptors (Lipinski definition) is 5. The van der Waals surface area contributed by atoms with Gasteiger partial charge in [-0.25, -0.2) is 9.78 Å². The Bertz CT molecular complexity index is 772. The number of hydrogen-bond donors (Lipinski definition) is 2. The summed E-state index contributed by atoms with van der Waals surface area (Å²) >= 11 is 0. The van der Waals surface area contributed by atoms with Crippen LogP contribution in [-0.2, 0) is 16.1 Å². The van der Waals surface area contributed by atoms with Gasteiger partial charge >= 0.3 is 6.09 Å². The van der Waals surface area contributed by atoms with Crippen molar-refractivity contribution in [1.29, 1.82) is 0 Å². The monoisotopic (exact) mass is 357 g/mol. The molecule has 2 rings (SSSR count). The molecule has 26 heavy (non-hydrogen) atoms. The fourth-order valence-corrected chi connectivity index (χ4v) is 2.34. The van der Waals surface area contributed by atoms with Crippen LogP contribution >= 0.6 is 0 Å². The van der Waals surface area contributed by atoms with Crippen LogP contribution in [0.25, 0.3) is 0 Å². The van der Waals surface area contributed by atoms with Gasteiger partial charge < -0.3 is 20.1 Å². The second kappa shape index (κ2) is 8.84. The highest BCUT2D eigenvalue weighted by molar-refractivity contribution is 5.85. The van der Waals surface area contributed by atoms with E-state index in [4.69, 9.17) is 4.74 Å². The highest BCUT2D eigenvalue weighted by atomic mass is 16.5. The zero-order valence-electron chi connectivity index (χ0n) is 15.3. The quantitative estimate of drug-likeness (QED) is 0.830. The Morgan fingerprint density at radius 2 is 1.85 bits per heavy atom. The molecule has 1 atom stereocenters. The first kappa shape index (κ1) is 19.2. The van der Waals surface area contributed by atoms with Gasteiger partial charge in [-0.15, -0.1) is 0 Å². The van der Waals surface area contributed by atoms with Crippen LogP contribution in [0, 0.1) is 13.8 Å². The first-order chi connectivity index (χ1) is 12.4. The Labute approximate surface area is 152 Å². The minimum Gasteiger partial charge on any atom is -0.453 e. The Morgan fingerprint density at radius 1 is 1.15 bits per heavy atom. The summed E-state index contributed by atoms with van der Waals surface area (Å²) in [5.41, 5.74) is 2.73. The van der Waals surface area contributed by atoms with Gasteiger partial charge in [0.25, 0.3) is 0 Å². The van der Waals surface area contributed by atoms with Crippen molar-refractivity contribution in [3.05, 3.63) is 53.2 Å². The van der Waals surface area contributed by atoms with Crippen LogP contribution in [0.3, 0.4) is 0 Å². The minimum atomic E-state index is -0.720. The maximum atomic E-state index is 12.1. The molecule has 1 aromatic heterocycles. The number of methoxy groups -OCH3 is 1. The number of pyridine rings is 1. The van der Waals surface area contributed by atoms with E-state index in [-0.39, 0.29) is 12.5 Å². The van der Waals surface area contributed by atoms with Crippen molar-refractivity contribution < 1.29 is 19.1 Å². The molecule has 7 nitrogen and oxygen atoms in total. The maximum Gasteiger partial charge on any atom is 0.407 e. The van der Waals surface area contributed by atoms with Gasteiger partial charge in [-0.2, -0.15) is 0 Å². The predicted octanol–water partition coefficient (Wildman–Crippen LogP) is 2.85. The lowest BCUT2D eigenvalue weighted by atomic mass is 10.1. The number of aromatic nitrogens is 1. The first-order valence-electron chi connectivity index (χ1n) is 8.22. The van der Waals surface area contributed by atoms with Crippen molar-refractivity contribution in [2.24, 2.45) is 0 Å². The zero-order chi connectivity index (χ0) is 19.1. The highest BCUT2D eigenvalue weighted by Crippen LogP contribution is 2.29. The van der Waals surface area contributed by atoms with E-state index in [0.717, 1.165) is 22.4 Å². The number of nitrogens with zero attached hydrogens (tertiary/aromatic N) is 1. The molecule has 0 saturated heterocycles. The number of carbonyl (C=O) groups excluding carboxylic acids is 2. The molecule has 0 bridgehead atoms. The summed E-state index contributed by atoms with van der Waals surface area (Å²) in [6.07, 6.45) is 0.975. The summed E-state index contributed by atoms with van der Waals surface area (Å²) in [6, 6.07) is 8.78. The summed E-state index contributed by atoms with van der Waals surface area (Å²) < 4.78 is 10.5. The third-order valence-corrected chi connectivity index (χ3v) is 3.82. The molecular formula is C19H23N3O4. The fourth-order valence-electron chi connectivity index (χ4n) is 2.34. The van der Waals surface area contributed by atoms with Gasteiger partial charge in [0.2, 0.25) is 11.8 Å². The van der Waals surface area contributed by atoms with Crippen molar-refractivity contribution in [3.8, 4) is 11.6 Å². The molecule has 0 unspecified atom stereocenters. The zero-order valence-corrected chi connectivity index (χ0v) is 15.3. The molecule has 2 amide bonds. The molecule has 0 aliphatic heterocycles. The Kier molecular flexibility index (Phi) is 6.54. The molecule has 138 valence electrons. The lowest BCUT2D eigenvalue weighted by molar-refractivity contribution is -0.122. The maximum absolute atomic E-state index is 12.1. The molecule has 0 aliphatic rings. The number of alkyl carbamates (subject to hydrolysis) is 1. The van der Waals surface area contributed by atoms with Crippen LogP contribution in [0.4, 0.5) is 4.79 Å². The molecule has 0 aliphatic carbocycles. The number of rotatable bonds is 6. The Morgan fingerprint density at radius 3 is 2.50 bits per heavy atom. The van der Waals surface area contributed by atoms with Crippen molar-refractivity contribution in [3.63, 3.8) is 0 Å². The summed E-state index contributed by atoms with van der Waals surface area (Å²) in [4.78, 5) is 27.6. The standard InChI is InChI=1S/C19H23N3O4/c1-12-7-5-8-13(2)16(12)26-18-15(9-6-10-20-18)11-21-17(23)14(3)22-19(24)25-4/h5-10,14H,11H2,1-4H3,(H,21,23)(H,22,24)/t14-/m1/s1. The van der Waals surface area contributed by atoms with E-state index in [2.05, 4.69) is 20.4 Å². The number of benzene rings is 1. The third kappa shape index (κ3) is 4.95. The fraction of sp³-hybridized carbons (Fsp3) is 0.316. The summed E-state index contributed by atoms with van der Waals surface area (Å²) in [5, 5.41) is 5.17. The van der Waals surface area contributed by atoms with Crippen LogP contribution in [-0.4, -0.2) is 30.1 Å². The SMILES string of the molecule is COC(=O)N[C@H](C)C(=O)NCc1cccnc1Oc1c(C)cccc1C. The van der Waals surface area contributed by atoms with Crippen molar-refractivity contribution >= 4 is 12.0 Å². The number of carbonyl (C=O) groups is 2. The first-order valence-corrected chi connectivity index (χ1v) is 8.22. The largest absolute Gasteiger partial charge is 0.453 e. The van der Waals surface area contributed by atoms with E-state index >= 15 is 0 Å². The molecule has 0 spiro atoms. The molecule has 0 fully saturated rings. The van der Waals surface area contributed by atoms with Crippen molar-refractivity contribution in [2.75, 3.05) is 7.11 Å². The van der Waals surface area contributed by atoms with E-state index in [1.54, 1.807) is 19.2 Å². The molecule has 1 heterocycles. The topological polar surface area (TPSA) is 89.5 Å². The van der Waals surface area contributed by atoms with E-state index < -0.39 is 12.1 Å². The summed E-state index contributed by atoms with van der Waals surface area (Å²) in [7, 11) is 1.24. The van der Waals surface area contributed by atoms with E-state index in [0.29, 0.717) is 5.88 Å². The smallest absolute Gasteiger partial charge is 0.407 e. The Balaban J connectivity index is 2.07. The second-order valence-electron chi connectivity index (χ2n) is 5.87. The van der Waals surface area contributed by atoms with Gasteiger partial charge in [-0.1, -0.05) is 24.3 Å². The second-order valence-corrected chi connectivity index (χ2v) is 5.87. The van der Waals surface area contributed by atoms with Crippen molar-refractivity contribution in [2.45, 2.75) is 33.4 Å². The van der Waals surface area contributed by atoms with E-state index in [1.807, 2.05) is 38.1 Å². The highest BCUT2D eigenvalue weighted by Gasteiger charge is 2.16. The molecule has 1 aromatic carbocycles. The van der Waals surface area contributed by atoms with Gasteiger partial charge in [-0.05, 0) is 38.0 Å². The van der Waals surface area contributed by atoms with Gasteiger partial charge in [0.1, 0.15) is 11.8 Å². The molecule has 2 N–H and O–H groups in total. The molecule has 0 radical (unpaired) electrons. The number of aryl methyl sites for hydroxylation is 2. The van der Waals surface area contributed by atoms with Crippen LogP contribution in [0.15, 0.2) is 36.5 Å². The number of para-hydroxylation sites is 1. The minimum absolute atomic E-state index is 0.222. The molecule has 7 heteroatoms. The molecule has 0 saturated carbocycles. The molecule has 2 aromatic rings. The van der Waals surface area contributed by atoms with Gasteiger partial charge in [0, 0.05) is 18.3 Å². The number of ether oxygens (including phenoxy) is 2. The van der Waals surface area contributed by atoms with E-state index in [9.17, 15) is 9.59 Å². The summed E-state index contributed by atoms with van der Waals surface area (Å²) in [5.74, 6) is 0.843. The van der Waals surface area contributed by atoms with Crippen LogP contribution in [0.5, 0.6) is 11.6 Å². The third-order valence-electron chi connectivity index (χ3n) is 3.82. The number of amides is 2. The van der Waals surface area contributed by atoms with Gasteiger partial charge in [-0.3, -0.25) is 4.79 Å². The molecular weight excluding hydrogens is 334 g/mol. The van der Waals surface area contributed by atoms with Crippen molar-refractivity contribution in [1.82, 2.24) is 15.6 Å². The van der Waals surface area contributed by atoms with E-state index in [1.165, 1.54) is 7.11 Å². The predicted molar refractivity (Wildman–Crippen MR) is 97.1 cm³/mol. The van der Waals surface area contributed by atoms with Crippen LogP contribution in [0.1, 0.15) is 23.6 Å². The Hall–Kier alpha value is -3.09. The van der Waals surface area contributed by atoms with Gasteiger partial charge in [0.15, 0.2) is 0 Å². The van der Waals surface area contributed by atoms with Crippen LogP contribution < -0.4 is 15.4 Å².